The first-order valence-electron chi connectivity index (χ1n) is 13.2. The van der Waals surface area contributed by atoms with Crippen molar-refractivity contribution in [3.05, 3.63) is 23.3 Å². The van der Waals surface area contributed by atoms with Crippen molar-refractivity contribution < 1.29 is 29.6 Å². The predicted octanol–water partition coefficient (Wildman–Crippen LogP) is 1.90. The van der Waals surface area contributed by atoms with E-state index in [-0.39, 0.29) is 42.0 Å². The number of aliphatic hydroxyl groups excluding tert-OH is 1. The Morgan fingerprint density at radius 3 is 2.46 bits per heavy atom. The molecule has 0 bridgehead atoms. The second-order valence-electron chi connectivity index (χ2n) is 13.4. The van der Waals surface area contributed by atoms with Crippen molar-refractivity contribution in [2.75, 3.05) is 19.7 Å². The summed E-state index contributed by atoms with van der Waals surface area (Å²) < 4.78 is 6.34. The van der Waals surface area contributed by atoms with Gasteiger partial charge < -0.3 is 25.4 Å². The molecule has 1 saturated heterocycles. The molecular formula is C28H39NO6. The molecule has 1 spiro atoms. The van der Waals surface area contributed by atoms with E-state index in [1.165, 1.54) is 0 Å². The zero-order valence-corrected chi connectivity index (χ0v) is 21.3. The molecule has 4 fully saturated rings. The van der Waals surface area contributed by atoms with Crippen molar-refractivity contribution in [2.45, 2.75) is 76.6 Å². The van der Waals surface area contributed by atoms with Crippen molar-refractivity contribution >= 4 is 11.8 Å². The fourth-order valence-corrected chi connectivity index (χ4v) is 9.15. The highest BCUT2D eigenvalue weighted by atomic mass is 16.6. The molecule has 6 aliphatic rings. The highest BCUT2D eigenvalue weighted by Gasteiger charge is 2.83. The Morgan fingerprint density at radius 2 is 1.86 bits per heavy atom. The Morgan fingerprint density at radius 1 is 1.17 bits per heavy atom. The molecule has 1 heterocycles. The third-order valence-corrected chi connectivity index (χ3v) is 11.1. The fourth-order valence-electron chi connectivity index (χ4n) is 9.15. The van der Waals surface area contributed by atoms with E-state index in [9.17, 15) is 24.9 Å². The van der Waals surface area contributed by atoms with Gasteiger partial charge in [0, 0.05) is 49.1 Å². The van der Waals surface area contributed by atoms with E-state index in [0.717, 1.165) is 25.9 Å². The molecular weight excluding hydrogens is 446 g/mol. The molecule has 4 N–H and O–H groups in total. The van der Waals surface area contributed by atoms with Crippen LogP contribution in [0.15, 0.2) is 23.3 Å². The van der Waals surface area contributed by atoms with Crippen LogP contribution in [0.3, 0.4) is 0 Å². The lowest BCUT2D eigenvalue weighted by Crippen LogP contribution is -2.61. The third kappa shape index (κ3) is 2.87. The van der Waals surface area contributed by atoms with Crippen LogP contribution in [0.25, 0.3) is 0 Å². The van der Waals surface area contributed by atoms with Gasteiger partial charge in [0.2, 0.25) is 0 Å². The number of ether oxygens (including phenoxy) is 1. The summed E-state index contributed by atoms with van der Waals surface area (Å²) >= 11 is 0. The molecule has 192 valence electrons. The van der Waals surface area contributed by atoms with Crippen LogP contribution in [0.2, 0.25) is 0 Å². The molecule has 0 aromatic rings. The molecule has 0 aromatic carbocycles. The van der Waals surface area contributed by atoms with Gasteiger partial charge in [0.25, 0.3) is 0 Å². The first-order chi connectivity index (χ1) is 16.3. The van der Waals surface area contributed by atoms with Crippen LogP contribution in [0.1, 0.15) is 59.8 Å². The Kier molecular flexibility index (Phi) is 4.81. The highest BCUT2D eigenvalue weighted by Crippen LogP contribution is 2.76. The number of aliphatic hydroxyl groups is 3. The molecule has 0 amide bonds. The van der Waals surface area contributed by atoms with Gasteiger partial charge in [-0.15, -0.1) is 0 Å². The van der Waals surface area contributed by atoms with Crippen LogP contribution in [0.5, 0.6) is 0 Å². The van der Waals surface area contributed by atoms with Gasteiger partial charge in [0.05, 0.1) is 12.2 Å². The zero-order chi connectivity index (χ0) is 25.2. The summed E-state index contributed by atoms with van der Waals surface area (Å²) in [6.07, 6.45) is 6.70. The van der Waals surface area contributed by atoms with E-state index in [1.807, 2.05) is 13.0 Å². The summed E-state index contributed by atoms with van der Waals surface area (Å²) in [5, 5.41) is 37.4. The number of hydrogen-bond acceptors (Lipinski definition) is 7. The van der Waals surface area contributed by atoms with E-state index >= 15 is 0 Å². The van der Waals surface area contributed by atoms with Crippen LogP contribution in [0, 0.1) is 40.4 Å². The summed E-state index contributed by atoms with van der Waals surface area (Å²) in [6, 6.07) is 0. The maximum atomic E-state index is 13.2. The smallest absolute Gasteiger partial charge is 0.306 e. The van der Waals surface area contributed by atoms with Gasteiger partial charge in [0.1, 0.15) is 11.2 Å². The van der Waals surface area contributed by atoms with Crippen LogP contribution >= 0.6 is 0 Å². The van der Waals surface area contributed by atoms with Gasteiger partial charge in [-0.05, 0) is 54.6 Å². The quantitative estimate of drug-likeness (QED) is 0.355. The maximum Gasteiger partial charge on any atom is 0.306 e. The number of Topliss-reactive ketones (excluding diaryl/α,β-unsaturated/α-hetero) is 1. The Labute approximate surface area is 207 Å². The minimum atomic E-state index is -1.76. The number of rotatable bonds is 4. The van der Waals surface area contributed by atoms with Crippen LogP contribution in [-0.4, -0.2) is 63.6 Å². The molecule has 0 radical (unpaired) electrons. The number of ketones is 1. The fraction of sp³-hybridized carbons (Fsp3) is 0.786. The van der Waals surface area contributed by atoms with E-state index in [1.54, 1.807) is 13.0 Å². The average molecular weight is 486 g/mol. The van der Waals surface area contributed by atoms with E-state index in [2.05, 4.69) is 19.2 Å². The standard InChI is InChI=1S/C28H39NO6/c1-15-5-20-26(33,23(15)32)11-18(12-30)6-19-22-24(3,4)27(22,8-16(2)28(19,20)34)35-21(31)7-17-9-25(10-17)13-29-14-25/h5-6,16-17,19-20,22,29-30,33-34H,7-14H2,1-4H3/t16-,19+,20-,22-,26-,27+,28-/m1/s1. The molecule has 35 heavy (non-hydrogen) atoms. The van der Waals surface area contributed by atoms with Gasteiger partial charge in [-0.25, -0.2) is 0 Å². The molecule has 7 heteroatoms. The van der Waals surface area contributed by atoms with Gasteiger partial charge in [-0.1, -0.05) is 32.9 Å². The minimum absolute atomic E-state index is 0.00456. The van der Waals surface area contributed by atoms with Gasteiger partial charge in [0.15, 0.2) is 5.78 Å². The molecule has 7 nitrogen and oxygen atoms in total. The third-order valence-electron chi connectivity index (χ3n) is 11.1. The number of hydrogen-bond donors (Lipinski definition) is 4. The molecule has 3 saturated carbocycles. The second kappa shape index (κ2) is 7.06. The van der Waals surface area contributed by atoms with E-state index in [4.69, 9.17) is 4.74 Å². The topological polar surface area (TPSA) is 116 Å². The van der Waals surface area contributed by atoms with Gasteiger partial charge in [-0.3, -0.25) is 9.59 Å². The summed E-state index contributed by atoms with van der Waals surface area (Å²) in [5.41, 5.74) is -2.79. The maximum absolute atomic E-state index is 13.2. The Balaban J connectivity index is 1.30. The Bertz CT molecular complexity index is 1050. The van der Waals surface area contributed by atoms with Crippen molar-refractivity contribution in [3.63, 3.8) is 0 Å². The van der Waals surface area contributed by atoms with Gasteiger partial charge in [-0.2, -0.15) is 0 Å². The molecule has 6 rings (SSSR count). The lowest BCUT2D eigenvalue weighted by Gasteiger charge is -2.54. The predicted molar refractivity (Wildman–Crippen MR) is 128 cm³/mol. The first kappa shape index (κ1) is 23.8. The summed E-state index contributed by atoms with van der Waals surface area (Å²) in [4.78, 5) is 26.2. The largest absolute Gasteiger partial charge is 0.458 e. The zero-order valence-electron chi connectivity index (χ0n) is 21.3. The number of fused-ring (bicyclic) bond motifs is 5. The molecule has 5 aliphatic carbocycles. The van der Waals surface area contributed by atoms with Crippen LogP contribution in [0.4, 0.5) is 0 Å². The molecule has 0 unspecified atom stereocenters. The SMILES string of the molecule is CC1=C[C@H]2[C@@]3(O)[C@H](C)C[C@]4(OC(=O)CC5CC6(CNC6)C5)[C@H]([C@@H]3C=C(CO)C[C@]2(O)C1=O)C4(C)C. The van der Waals surface area contributed by atoms with E-state index < -0.39 is 28.6 Å². The Hall–Kier alpha value is -1.54. The minimum Gasteiger partial charge on any atom is -0.458 e. The van der Waals surface area contributed by atoms with Crippen molar-refractivity contribution in [3.8, 4) is 0 Å². The molecule has 0 aromatic heterocycles. The summed E-state index contributed by atoms with van der Waals surface area (Å²) in [5.74, 6) is -1.85. The van der Waals surface area contributed by atoms with E-state index in [0.29, 0.717) is 35.3 Å². The van der Waals surface area contributed by atoms with Crippen molar-refractivity contribution in [1.29, 1.82) is 0 Å². The van der Waals surface area contributed by atoms with Crippen molar-refractivity contribution in [1.82, 2.24) is 5.32 Å². The average Bonchev–Trinajstić information content (AvgIpc) is 3.13. The number of carbonyl (C=O) groups excluding carboxylic acids is 2. The lowest BCUT2D eigenvalue weighted by molar-refractivity contribution is -0.188. The lowest BCUT2D eigenvalue weighted by atomic mass is 9.58. The second-order valence-corrected chi connectivity index (χ2v) is 13.4. The number of carbonyl (C=O) groups is 2. The monoisotopic (exact) mass is 485 g/mol. The first-order valence-corrected chi connectivity index (χ1v) is 13.2. The van der Waals surface area contributed by atoms with Crippen LogP contribution < -0.4 is 5.32 Å². The molecule has 1 aliphatic heterocycles. The van der Waals surface area contributed by atoms with Crippen molar-refractivity contribution in [2.24, 2.45) is 40.4 Å². The number of esters is 1. The number of nitrogens with one attached hydrogen (secondary N) is 1. The summed E-state index contributed by atoms with van der Waals surface area (Å²) in [6.45, 7) is 9.62. The normalized spacial score (nSPS) is 46.8. The summed E-state index contributed by atoms with van der Waals surface area (Å²) in [7, 11) is 0. The highest BCUT2D eigenvalue weighted by molar-refractivity contribution is 6.04. The van der Waals surface area contributed by atoms with Gasteiger partial charge >= 0.3 is 5.97 Å². The van der Waals surface area contributed by atoms with Crippen LogP contribution in [-0.2, 0) is 14.3 Å². The molecule has 7 atom stereocenters.